The molecule has 2 saturated heterocycles. The zero-order chi connectivity index (χ0) is 19.2. The Kier molecular flexibility index (Phi) is 6.78. The van der Waals surface area contributed by atoms with Gasteiger partial charge in [0.15, 0.2) is 0 Å². The van der Waals surface area contributed by atoms with Gasteiger partial charge in [-0.25, -0.2) is 4.98 Å². The van der Waals surface area contributed by atoms with E-state index in [-0.39, 0.29) is 12.5 Å². The van der Waals surface area contributed by atoms with E-state index < -0.39 is 0 Å². The van der Waals surface area contributed by atoms with Crippen molar-refractivity contribution in [1.82, 2.24) is 19.7 Å². The van der Waals surface area contributed by atoms with Crippen LogP contribution in [0.15, 0.2) is 18.3 Å². The summed E-state index contributed by atoms with van der Waals surface area (Å²) < 4.78 is 0. The third-order valence-corrected chi connectivity index (χ3v) is 5.85. The number of pyridine rings is 1. The molecule has 2 aliphatic heterocycles. The van der Waals surface area contributed by atoms with Crippen molar-refractivity contribution < 1.29 is 9.90 Å². The smallest absolute Gasteiger partial charge is 0.255 e. The molecule has 2 fully saturated rings. The van der Waals surface area contributed by atoms with E-state index in [4.69, 9.17) is 5.26 Å². The first kappa shape index (κ1) is 19.7. The highest BCUT2D eigenvalue weighted by atomic mass is 16.3. The Morgan fingerprint density at radius 1 is 1.30 bits per heavy atom. The number of aliphatic hydroxyl groups excluding tert-OH is 1. The zero-order valence-electron chi connectivity index (χ0n) is 16.0. The van der Waals surface area contributed by atoms with Crippen LogP contribution in [-0.2, 0) is 0 Å². The van der Waals surface area contributed by atoms with Crippen LogP contribution < -0.4 is 0 Å². The summed E-state index contributed by atoms with van der Waals surface area (Å²) in [6.07, 6.45) is 4.17. The molecule has 2 atom stereocenters. The number of carbonyl (C=O) groups excluding carboxylic acids is 1. The van der Waals surface area contributed by atoms with Gasteiger partial charge in [0.05, 0.1) is 5.56 Å². The van der Waals surface area contributed by atoms with Crippen LogP contribution in [0.4, 0.5) is 0 Å². The monoisotopic (exact) mass is 371 g/mol. The van der Waals surface area contributed by atoms with E-state index in [1.165, 1.54) is 6.20 Å². The van der Waals surface area contributed by atoms with Gasteiger partial charge in [-0.05, 0) is 44.4 Å². The predicted molar refractivity (Wildman–Crippen MR) is 102 cm³/mol. The fourth-order valence-electron chi connectivity index (χ4n) is 4.24. The van der Waals surface area contributed by atoms with E-state index in [1.807, 2.05) is 11.0 Å². The van der Waals surface area contributed by atoms with Crippen molar-refractivity contribution in [3.05, 3.63) is 29.6 Å². The molecule has 1 aromatic rings. The van der Waals surface area contributed by atoms with Crippen LogP contribution in [-0.4, -0.2) is 89.7 Å². The molecule has 3 rings (SSSR count). The van der Waals surface area contributed by atoms with Gasteiger partial charge in [-0.1, -0.05) is 0 Å². The molecule has 1 aromatic heterocycles. The number of piperidine rings is 1. The largest absolute Gasteiger partial charge is 0.396 e. The fraction of sp³-hybridized carbons (Fsp3) is 0.650. The standard InChI is InChI=1S/C20H29N5O2/c1-23-8-10-24(11-9-23)19-6-7-25(15-17(19)3-2-12-26)20(27)16-4-5-18(13-21)22-14-16/h4-5,14,17,19,26H,2-3,6-12,15H2,1H3/t17-,19+/m1/s1. The summed E-state index contributed by atoms with van der Waals surface area (Å²) >= 11 is 0. The molecule has 0 saturated carbocycles. The Balaban J connectivity index is 1.67. The maximum atomic E-state index is 12.9. The average molecular weight is 371 g/mol. The van der Waals surface area contributed by atoms with Gasteiger partial charge >= 0.3 is 0 Å². The molecule has 0 aromatic carbocycles. The Bertz CT molecular complexity index is 664. The fourth-order valence-corrected chi connectivity index (χ4v) is 4.24. The number of rotatable bonds is 5. The topological polar surface area (TPSA) is 83.7 Å². The molecule has 0 bridgehead atoms. The van der Waals surface area contributed by atoms with Gasteiger partial charge in [0.25, 0.3) is 5.91 Å². The number of likely N-dealkylation sites (tertiary alicyclic amines) is 1. The maximum absolute atomic E-state index is 12.9. The van der Waals surface area contributed by atoms with Gasteiger partial charge in [0, 0.05) is 58.1 Å². The Morgan fingerprint density at radius 3 is 2.70 bits per heavy atom. The second-order valence-electron chi connectivity index (χ2n) is 7.62. The van der Waals surface area contributed by atoms with Crippen LogP contribution in [0, 0.1) is 17.2 Å². The molecule has 2 aliphatic rings. The van der Waals surface area contributed by atoms with Crippen LogP contribution in [0.1, 0.15) is 35.3 Å². The highest BCUT2D eigenvalue weighted by molar-refractivity contribution is 5.94. The Labute approximate surface area is 161 Å². The van der Waals surface area contributed by atoms with Gasteiger partial charge in [-0.2, -0.15) is 5.26 Å². The molecule has 7 heteroatoms. The second-order valence-corrected chi connectivity index (χ2v) is 7.62. The quantitative estimate of drug-likeness (QED) is 0.824. The number of nitrogens with zero attached hydrogens (tertiary/aromatic N) is 5. The average Bonchev–Trinajstić information content (AvgIpc) is 2.72. The van der Waals surface area contributed by atoms with Gasteiger partial charge in [0.1, 0.15) is 11.8 Å². The van der Waals surface area contributed by atoms with E-state index in [0.717, 1.165) is 58.5 Å². The number of amides is 1. The lowest BCUT2D eigenvalue weighted by Crippen LogP contribution is -2.56. The zero-order valence-corrected chi connectivity index (χ0v) is 16.0. The van der Waals surface area contributed by atoms with Gasteiger partial charge < -0.3 is 14.9 Å². The number of nitriles is 1. The number of hydrogen-bond acceptors (Lipinski definition) is 6. The van der Waals surface area contributed by atoms with Crippen molar-refractivity contribution in [1.29, 1.82) is 5.26 Å². The summed E-state index contributed by atoms with van der Waals surface area (Å²) in [7, 11) is 2.16. The summed E-state index contributed by atoms with van der Waals surface area (Å²) in [5, 5.41) is 18.2. The van der Waals surface area contributed by atoms with Crippen LogP contribution in [0.25, 0.3) is 0 Å². The Hall–Kier alpha value is -2.01. The van der Waals surface area contributed by atoms with E-state index in [0.29, 0.717) is 23.2 Å². The van der Waals surface area contributed by atoms with Gasteiger partial charge in [-0.15, -0.1) is 0 Å². The molecule has 146 valence electrons. The predicted octanol–water partition coefficient (Wildman–Crippen LogP) is 0.804. The number of likely N-dealkylation sites (N-methyl/N-ethyl adjacent to an activating group) is 1. The van der Waals surface area contributed by atoms with E-state index in [2.05, 4.69) is 21.8 Å². The Morgan fingerprint density at radius 2 is 2.07 bits per heavy atom. The van der Waals surface area contributed by atoms with Crippen LogP contribution in [0.3, 0.4) is 0 Å². The van der Waals surface area contributed by atoms with E-state index in [1.54, 1.807) is 12.1 Å². The molecule has 0 spiro atoms. The van der Waals surface area contributed by atoms with Crippen molar-refractivity contribution >= 4 is 5.91 Å². The molecular weight excluding hydrogens is 342 g/mol. The summed E-state index contributed by atoms with van der Waals surface area (Å²) in [6, 6.07) is 5.73. The molecule has 0 unspecified atom stereocenters. The van der Waals surface area contributed by atoms with Crippen molar-refractivity contribution in [2.45, 2.75) is 25.3 Å². The number of aromatic nitrogens is 1. The van der Waals surface area contributed by atoms with Crippen LogP contribution >= 0.6 is 0 Å². The first-order valence-corrected chi connectivity index (χ1v) is 9.81. The van der Waals surface area contributed by atoms with E-state index >= 15 is 0 Å². The van der Waals surface area contributed by atoms with Crippen molar-refractivity contribution in [3.8, 4) is 6.07 Å². The lowest BCUT2D eigenvalue weighted by atomic mass is 9.86. The van der Waals surface area contributed by atoms with E-state index in [9.17, 15) is 9.90 Å². The molecular formula is C20H29N5O2. The molecule has 7 nitrogen and oxygen atoms in total. The third kappa shape index (κ3) is 4.83. The third-order valence-electron chi connectivity index (χ3n) is 5.85. The molecule has 0 radical (unpaired) electrons. The molecule has 1 amide bonds. The molecule has 27 heavy (non-hydrogen) atoms. The van der Waals surface area contributed by atoms with Crippen LogP contribution in [0.2, 0.25) is 0 Å². The summed E-state index contributed by atoms with van der Waals surface area (Å²) in [5.41, 5.74) is 0.856. The lowest BCUT2D eigenvalue weighted by molar-refractivity contribution is 0.0217. The summed E-state index contributed by atoms with van der Waals surface area (Å²) in [5.74, 6) is 0.363. The first-order chi connectivity index (χ1) is 13.1. The van der Waals surface area contributed by atoms with Crippen molar-refractivity contribution in [2.24, 2.45) is 5.92 Å². The highest BCUT2D eigenvalue weighted by Crippen LogP contribution is 2.28. The van der Waals surface area contributed by atoms with Crippen molar-refractivity contribution in [3.63, 3.8) is 0 Å². The van der Waals surface area contributed by atoms with Crippen molar-refractivity contribution in [2.75, 3.05) is 52.9 Å². The van der Waals surface area contributed by atoms with Gasteiger partial charge in [-0.3, -0.25) is 9.69 Å². The minimum Gasteiger partial charge on any atom is -0.396 e. The number of hydrogen-bond donors (Lipinski definition) is 1. The lowest BCUT2D eigenvalue weighted by Gasteiger charge is -2.46. The van der Waals surface area contributed by atoms with Crippen LogP contribution in [0.5, 0.6) is 0 Å². The SMILES string of the molecule is CN1CCN([C@H]2CCN(C(=O)c3ccc(C#N)nc3)C[C@H]2CCCO)CC1. The maximum Gasteiger partial charge on any atom is 0.255 e. The number of aliphatic hydroxyl groups is 1. The number of piperazine rings is 1. The second kappa shape index (κ2) is 9.27. The molecule has 3 heterocycles. The molecule has 1 N–H and O–H groups in total. The highest BCUT2D eigenvalue weighted by Gasteiger charge is 2.35. The number of carbonyl (C=O) groups is 1. The minimum atomic E-state index is -0.0159. The normalized spacial score (nSPS) is 24.6. The molecule has 0 aliphatic carbocycles. The first-order valence-electron chi connectivity index (χ1n) is 9.81. The summed E-state index contributed by atoms with van der Waals surface area (Å²) in [6.45, 7) is 5.97. The summed E-state index contributed by atoms with van der Waals surface area (Å²) in [4.78, 5) is 23.7. The minimum absolute atomic E-state index is 0.0159. The van der Waals surface area contributed by atoms with Gasteiger partial charge in [0.2, 0.25) is 0 Å².